The zero-order valence-corrected chi connectivity index (χ0v) is 23.6. The van der Waals surface area contributed by atoms with Gasteiger partial charge in [-0.1, -0.05) is 19.6 Å². The number of carbonyl (C=O) groups is 4. The van der Waals surface area contributed by atoms with Crippen LogP contribution in [-0.2, 0) is 25.7 Å². The monoisotopic (exact) mass is 585 g/mol. The molecule has 0 radical (unpaired) electrons. The van der Waals surface area contributed by atoms with E-state index in [1.165, 1.54) is 18.3 Å². The predicted molar refractivity (Wildman–Crippen MR) is 150 cm³/mol. The Bertz CT molecular complexity index is 1500. The fraction of sp³-hybridized carbons (Fsp3) is 0.360. The predicted octanol–water partition coefficient (Wildman–Crippen LogP) is 1.06. The van der Waals surface area contributed by atoms with Gasteiger partial charge in [-0.3, -0.25) is 24.2 Å². The van der Waals surface area contributed by atoms with Gasteiger partial charge in [-0.05, 0) is 30.3 Å². The molecule has 0 saturated heterocycles. The summed E-state index contributed by atoms with van der Waals surface area (Å²) in [6, 6.07) is 4.95. The molecule has 15 nitrogen and oxygen atoms in total. The second-order valence-electron chi connectivity index (χ2n) is 10.4. The SMILES string of the molecule is C[Si](C)(C)CCOC(=O)C(CC(NC(=O)c1ccc(NCc2cnc3nc(N)[nH]c(=O)c3n2)cc1)C(=O)O)C(=O)O. The van der Waals surface area contributed by atoms with Gasteiger partial charge in [0.2, 0.25) is 5.95 Å². The lowest BCUT2D eigenvalue weighted by Gasteiger charge is -2.20. The molecule has 0 aliphatic heterocycles. The van der Waals surface area contributed by atoms with Crippen LogP contribution < -0.4 is 21.9 Å². The van der Waals surface area contributed by atoms with Crippen LogP contribution in [0, 0.1) is 5.92 Å². The number of aliphatic carboxylic acids is 2. The van der Waals surface area contributed by atoms with E-state index in [9.17, 15) is 34.2 Å². The number of aromatic amines is 1. The van der Waals surface area contributed by atoms with Crippen LogP contribution in [-0.4, -0.2) is 74.7 Å². The first-order valence-corrected chi connectivity index (χ1v) is 16.2. The number of nitrogens with two attached hydrogens (primary N) is 1. The van der Waals surface area contributed by atoms with E-state index in [0.29, 0.717) is 17.4 Å². The quantitative estimate of drug-likeness (QED) is 0.0935. The van der Waals surface area contributed by atoms with Gasteiger partial charge in [-0.15, -0.1) is 0 Å². The van der Waals surface area contributed by atoms with Gasteiger partial charge in [-0.25, -0.2) is 14.8 Å². The standard InChI is InChI=1S/C25H31N7O8Si/c1-41(2,3)9-8-40-24(39)16(22(35)36)10-17(23(37)38)30-20(33)13-4-6-14(7-5-13)27-11-15-12-28-19-18(29-15)21(34)32-25(26)31-19/h4-7,12,16-17,27H,8-11H2,1-3H3,(H,30,33)(H,35,36)(H,37,38)(H3,26,28,31,32,34). The number of nitrogens with zero attached hydrogens (tertiary/aromatic N) is 3. The molecule has 7 N–H and O–H groups in total. The van der Waals surface area contributed by atoms with E-state index in [0.717, 1.165) is 0 Å². The Morgan fingerprint density at radius 2 is 1.76 bits per heavy atom. The van der Waals surface area contributed by atoms with Gasteiger partial charge in [0, 0.05) is 25.7 Å². The van der Waals surface area contributed by atoms with Crippen molar-refractivity contribution >= 4 is 54.7 Å². The number of carboxylic acid groups (broad SMARTS) is 2. The van der Waals surface area contributed by atoms with Crippen LogP contribution in [0.5, 0.6) is 0 Å². The Balaban J connectivity index is 1.61. The molecule has 0 bridgehead atoms. The van der Waals surface area contributed by atoms with Crippen LogP contribution in [0.25, 0.3) is 11.2 Å². The van der Waals surface area contributed by atoms with Crippen molar-refractivity contribution in [3.63, 3.8) is 0 Å². The Morgan fingerprint density at radius 1 is 1.07 bits per heavy atom. The Labute approximate surface area is 234 Å². The van der Waals surface area contributed by atoms with Crippen LogP contribution in [0.15, 0.2) is 35.3 Å². The molecule has 2 atom stereocenters. The maximum atomic E-state index is 12.7. The largest absolute Gasteiger partial charge is 0.481 e. The van der Waals surface area contributed by atoms with Crippen LogP contribution in [0.2, 0.25) is 25.7 Å². The van der Waals surface area contributed by atoms with E-state index < -0.39 is 55.8 Å². The summed E-state index contributed by atoms with van der Waals surface area (Å²) in [7, 11) is -1.54. The summed E-state index contributed by atoms with van der Waals surface area (Å²) in [5.41, 5.74) is 6.24. The fourth-order valence-corrected chi connectivity index (χ4v) is 4.26. The average molecular weight is 586 g/mol. The van der Waals surface area contributed by atoms with Crippen molar-refractivity contribution in [3.8, 4) is 0 Å². The maximum absolute atomic E-state index is 12.7. The number of carboxylic acids is 2. The number of aromatic nitrogens is 4. The fourth-order valence-electron chi connectivity index (χ4n) is 3.54. The van der Waals surface area contributed by atoms with Gasteiger partial charge in [0.15, 0.2) is 17.1 Å². The topological polar surface area (TPSA) is 240 Å². The van der Waals surface area contributed by atoms with Crippen LogP contribution in [0.4, 0.5) is 11.6 Å². The number of amides is 1. The van der Waals surface area contributed by atoms with Gasteiger partial charge < -0.3 is 31.3 Å². The first-order chi connectivity index (χ1) is 19.2. The molecule has 1 aromatic carbocycles. The molecular formula is C25H31N7O8Si. The van der Waals surface area contributed by atoms with Crippen molar-refractivity contribution in [2.75, 3.05) is 17.7 Å². The number of ether oxygens (including phenoxy) is 1. The third-order valence-corrected chi connectivity index (χ3v) is 7.56. The van der Waals surface area contributed by atoms with Crippen LogP contribution in [0.1, 0.15) is 22.5 Å². The Kier molecular flexibility index (Phi) is 9.72. The minimum absolute atomic E-state index is 0.0310. The number of rotatable bonds is 13. The third kappa shape index (κ3) is 8.82. The summed E-state index contributed by atoms with van der Waals surface area (Å²) in [4.78, 5) is 75.1. The zero-order chi connectivity index (χ0) is 30.3. The highest BCUT2D eigenvalue weighted by atomic mass is 28.3. The minimum atomic E-state index is -1.76. The second-order valence-corrected chi connectivity index (χ2v) is 16.0. The zero-order valence-electron chi connectivity index (χ0n) is 22.6. The molecule has 3 rings (SSSR count). The summed E-state index contributed by atoms with van der Waals surface area (Å²) in [6.45, 7) is 6.41. The molecule has 2 unspecified atom stereocenters. The number of hydrogen-bond acceptors (Lipinski definition) is 11. The lowest BCUT2D eigenvalue weighted by atomic mass is 9.99. The number of benzene rings is 1. The van der Waals surface area contributed by atoms with Gasteiger partial charge in [0.25, 0.3) is 11.5 Å². The lowest BCUT2D eigenvalue weighted by molar-refractivity contribution is -0.159. The number of fused-ring (bicyclic) bond motifs is 1. The highest BCUT2D eigenvalue weighted by molar-refractivity contribution is 6.76. The van der Waals surface area contributed by atoms with Crippen molar-refractivity contribution in [1.82, 2.24) is 25.3 Å². The van der Waals surface area contributed by atoms with Gasteiger partial charge >= 0.3 is 17.9 Å². The summed E-state index contributed by atoms with van der Waals surface area (Å²) in [5.74, 6) is -6.68. The number of esters is 1. The minimum Gasteiger partial charge on any atom is -0.481 e. The van der Waals surface area contributed by atoms with E-state index >= 15 is 0 Å². The average Bonchev–Trinajstić information content (AvgIpc) is 2.88. The number of anilines is 2. The molecule has 41 heavy (non-hydrogen) atoms. The molecule has 0 fully saturated rings. The molecular weight excluding hydrogens is 554 g/mol. The highest BCUT2D eigenvalue weighted by Crippen LogP contribution is 2.15. The van der Waals surface area contributed by atoms with E-state index in [2.05, 4.69) is 50.2 Å². The summed E-state index contributed by atoms with van der Waals surface area (Å²) in [5, 5.41) is 24.4. The van der Waals surface area contributed by atoms with E-state index in [-0.39, 0.29) is 35.8 Å². The van der Waals surface area contributed by atoms with Crippen molar-refractivity contribution in [2.45, 2.75) is 44.7 Å². The molecule has 0 spiro atoms. The van der Waals surface area contributed by atoms with Crippen molar-refractivity contribution in [1.29, 1.82) is 0 Å². The molecule has 2 aromatic heterocycles. The van der Waals surface area contributed by atoms with Gasteiger partial charge in [0.05, 0.1) is 25.0 Å². The Morgan fingerprint density at radius 3 is 2.37 bits per heavy atom. The highest BCUT2D eigenvalue weighted by Gasteiger charge is 2.35. The number of nitrogens with one attached hydrogen (secondary N) is 3. The van der Waals surface area contributed by atoms with Crippen molar-refractivity contribution in [3.05, 3.63) is 52.1 Å². The molecule has 2 heterocycles. The third-order valence-electron chi connectivity index (χ3n) is 5.86. The summed E-state index contributed by atoms with van der Waals surface area (Å²) in [6.07, 6.45) is 0.751. The van der Waals surface area contributed by atoms with Crippen LogP contribution >= 0.6 is 0 Å². The maximum Gasteiger partial charge on any atom is 0.326 e. The van der Waals surface area contributed by atoms with Crippen LogP contribution in [0.3, 0.4) is 0 Å². The van der Waals surface area contributed by atoms with Crippen molar-refractivity contribution in [2.24, 2.45) is 5.92 Å². The number of hydrogen-bond donors (Lipinski definition) is 6. The molecule has 1 amide bonds. The smallest absolute Gasteiger partial charge is 0.326 e. The summed E-state index contributed by atoms with van der Waals surface area (Å²) < 4.78 is 5.08. The Hall–Kier alpha value is -4.86. The van der Waals surface area contributed by atoms with Gasteiger partial charge in [-0.2, -0.15) is 4.98 Å². The van der Waals surface area contributed by atoms with Crippen molar-refractivity contribution < 1.29 is 34.1 Å². The molecule has 0 aliphatic rings. The first kappa shape index (κ1) is 30.7. The number of nitrogen functional groups attached to an aromatic ring is 1. The van der Waals surface area contributed by atoms with Gasteiger partial charge in [0.1, 0.15) is 6.04 Å². The first-order valence-electron chi connectivity index (χ1n) is 12.5. The summed E-state index contributed by atoms with van der Waals surface area (Å²) >= 11 is 0. The second kappa shape index (κ2) is 13.0. The number of H-pyrrole nitrogens is 1. The van der Waals surface area contributed by atoms with E-state index in [1.807, 2.05) is 0 Å². The molecule has 0 aliphatic carbocycles. The van der Waals surface area contributed by atoms with E-state index in [1.54, 1.807) is 12.1 Å². The van der Waals surface area contributed by atoms with E-state index in [4.69, 9.17) is 10.5 Å². The normalized spacial score (nSPS) is 12.8. The number of carbonyl (C=O) groups excluding carboxylic acids is 2. The molecule has 218 valence electrons. The molecule has 16 heteroatoms. The molecule has 3 aromatic rings. The lowest BCUT2D eigenvalue weighted by Crippen LogP contribution is -2.44. The molecule has 0 saturated carbocycles.